The van der Waals surface area contributed by atoms with Gasteiger partial charge in [0.25, 0.3) is 0 Å². The summed E-state index contributed by atoms with van der Waals surface area (Å²) in [6.45, 7) is 9.41. The molecule has 1 aromatic carbocycles. The number of thiazole rings is 1. The highest BCUT2D eigenvalue weighted by Crippen LogP contribution is 2.23. The first kappa shape index (κ1) is 20.3. The van der Waals surface area contributed by atoms with Gasteiger partial charge in [0, 0.05) is 44.2 Å². The molecule has 6 heteroatoms. The lowest BCUT2D eigenvalue weighted by atomic mass is 10.1. The predicted octanol–water partition coefficient (Wildman–Crippen LogP) is 3.34. The maximum absolute atomic E-state index is 9.55. The zero-order chi connectivity index (χ0) is 19.2. The van der Waals surface area contributed by atoms with E-state index in [4.69, 9.17) is 9.72 Å². The molecule has 2 aromatic rings. The smallest absolute Gasteiger partial charge is 0.119 e. The molecule has 0 bridgehead atoms. The monoisotopic (exact) mass is 389 g/mol. The normalized spacial score (nSPS) is 18.9. The second-order valence-electron chi connectivity index (χ2n) is 7.54. The molecule has 0 unspecified atom stereocenters. The van der Waals surface area contributed by atoms with Crippen LogP contribution in [0.2, 0.25) is 0 Å². The van der Waals surface area contributed by atoms with Crippen LogP contribution >= 0.6 is 11.3 Å². The first-order chi connectivity index (χ1) is 13.1. The Morgan fingerprint density at radius 2 is 2.15 bits per heavy atom. The van der Waals surface area contributed by atoms with E-state index in [2.05, 4.69) is 41.2 Å². The van der Waals surface area contributed by atoms with Crippen molar-refractivity contribution in [2.24, 2.45) is 0 Å². The number of aliphatic hydroxyl groups is 1. The van der Waals surface area contributed by atoms with E-state index in [1.807, 2.05) is 12.1 Å². The molecule has 1 aromatic heterocycles. The predicted molar refractivity (Wildman–Crippen MR) is 110 cm³/mol. The van der Waals surface area contributed by atoms with Crippen LogP contribution in [-0.4, -0.2) is 59.3 Å². The van der Waals surface area contributed by atoms with Gasteiger partial charge in [0.2, 0.25) is 0 Å². The molecular weight excluding hydrogens is 358 g/mol. The molecule has 5 nitrogen and oxygen atoms in total. The molecule has 0 spiro atoms. The fourth-order valence-electron chi connectivity index (χ4n) is 3.59. The number of hydrogen-bond donors (Lipinski definition) is 1. The number of hydrogen-bond acceptors (Lipinski definition) is 6. The van der Waals surface area contributed by atoms with Crippen molar-refractivity contribution < 1.29 is 9.84 Å². The Morgan fingerprint density at radius 3 is 2.85 bits per heavy atom. The van der Waals surface area contributed by atoms with E-state index < -0.39 is 0 Å². The minimum atomic E-state index is 0.224. The van der Waals surface area contributed by atoms with Crippen LogP contribution in [0.15, 0.2) is 29.6 Å². The molecule has 27 heavy (non-hydrogen) atoms. The number of methoxy groups -OCH3 is 1. The lowest BCUT2D eigenvalue weighted by Crippen LogP contribution is -2.52. The Morgan fingerprint density at radius 1 is 1.30 bits per heavy atom. The van der Waals surface area contributed by atoms with Crippen molar-refractivity contribution in [3.63, 3.8) is 0 Å². The van der Waals surface area contributed by atoms with Gasteiger partial charge in [-0.3, -0.25) is 9.80 Å². The van der Waals surface area contributed by atoms with Gasteiger partial charge in [0.05, 0.1) is 19.3 Å². The number of rotatable bonds is 8. The van der Waals surface area contributed by atoms with Gasteiger partial charge in [-0.25, -0.2) is 4.98 Å². The van der Waals surface area contributed by atoms with E-state index in [-0.39, 0.29) is 6.61 Å². The quantitative estimate of drug-likeness (QED) is 0.750. The Balaban J connectivity index is 1.61. The molecule has 1 N–H and O–H groups in total. The Bertz CT molecular complexity index is 719. The summed E-state index contributed by atoms with van der Waals surface area (Å²) in [6, 6.07) is 8.63. The summed E-state index contributed by atoms with van der Waals surface area (Å²) in [7, 11) is 1.70. The van der Waals surface area contributed by atoms with Crippen LogP contribution in [0.3, 0.4) is 0 Å². The third-order valence-corrected chi connectivity index (χ3v) is 6.04. The second kappa shape index (κ2) is 9.64. The van der Waals surface area contributed by atoms with E-state index in [1.54, 1.807) is 18.4 Å². The number of piperazine rings is 1. The standard InChI is InChI=1S/C21H31N3O2S/c1-16(2)20-15-27-21(22-20)14-23-8-9-24(18(13-23)7-10-25)12-17-5-4-6-19(11-17)26-3/h4-6,11,15-16,18,25H,7-10,12-14H2,1-3H3/t18-/m0/s1. The van der Waals surface area contributed by atoms with Crippen LogP contribution in [0.25, 0.3) is 0 Å². The van der Waals surface area contributed by atoms with Crippen LogP contribution in [0.5, 0.6) is 5.75 Å². The SMILES string of the molecule is COc1cccc(CN2CCN(Cc3nc(C(C)C)cs3)C[C@@H]2CCO)c1. The Labute approximate surface area is 166 Å². The molecule has 0 radical (unpaired) electrons. The van der Waals surface area contributed by atoms with E-state index in [0.29, 0.717) is 12.0 Å². The minimum absolute atomic E-state index is 0.224. The zero-order valence-corrected chi connectivity index (χ0v) is 17.4. The molecule has 1 saturated heterocycles. The molecule has 3 rings (SSSR count). The molecule has 2 heterocycles. The summed E-state index contributed by atoms with van der Waals surface area (Å²) in [4.78, 5) is 9.75. The van der Waals surface area contributed by atoms with E-state index in [9.17, 15) is 5.11 Å². The summed E-state index contributed by atoms with van der Waals surface area (Å²) in [5.74, 6) is 1.38. The first-order valence-corrected chi connectivity index (χ1v) is 10.6. The molecular formula is C21H31N3O2S. The van der Waals surface area contributed by atoms with Gasteiger partial charge in [0.15, 0.2) is 0 Å². The van der Waals surface area contributed by atoms with Crippen LogP contribution in [0, 0.1) is 0 Å². The molecule has 148 valence electrons. The fourth-order valence-corrected chi connectivity index (χ4v) is 4.59. The zero-order valence-electron chi connectivity index (χ0n) is 16.6. The maximum Gasteiger partial charge on any atom is 0.119 e. The number of aromatic nitrogens is 1. The number of nitrogens with zero attached hydrogens (tertiary/aromatic N) is 3. The summed E-state index contributed by atoms with van der Waals surface area (Å²) in [6.07, 6.45) is 0.801. The van der Waals surface area contributed by atoms with Crippen LogP contribution in [0.4, 0.5) is 0 Å². The van der Waals surface area contributed by atoms with Gasteiger partial charge in [-0.15, -0.1) is 11.3 Å². The van der Waals surface area contributed by atoms with Crippen molar-refractivity contribution in [3.8, 4) is 5.75 Å². The minimum Gasteiger partial charge on any atom is -0.497 e. The van der Waals surface area contributed by atoms with E-state index in [1.165, 1.54) is 16.3 Å². The Kier molecular flexibility index (Phi) is 7.24. The van der Waals surface area contributed by atoms with Gasteiger partial charge < -0.3 is 9.84 Å². The molecule has 1 fully saturated rings. The van der Waals surface area contributed by atoms with Crippen molar-refractivity contribution in [1.82, 2.24) is 14.8 Å². The maximum atomic E-state index is 9.55. The van der Waals surface area contributed by atoms with Crippen molar-refractivity contribution >= 4 is 11.3 Å². The average molecular weight is 390 g/mol. The topological polar surface area (TPSA) is 48.8 Å². The van der Waals surface area contributed by atoms with E-state index in [0.717, 1.165) is 44.9 Å². The van der Waals surface area contributed by atoms with Crippen molar-refractivity contribution in [1.29, 1.82) is 0 Å². The van der Waals surface area contributed by atoms with Crippen molar-refractivity contribution in [3.05, 3.63) is 45.9 Å². The highest BCUT2D eigenvalue weighted by atomic mass is 32.1. The second-order valence-corrected chi connectivity index (χ2v) is 8.49. The Hall–Kier alpha value is -1.47. The fraction of sp³-hybridized carbons (Fsp3) is 0.571. The van der Waals surface area contributed by atoms with Crippen molar-refractivity contribution in [2.75, 3.05) is 33.4 Å². The van der Waals surface area contributed by atoms with Crippen LogP contribution in [0.1, 0.15) is 42.5 Å². The first-order valence-electron chi connectivity index (χ1n) is 9.73. The summed E-state index contributed by atoms with van der Waals surface area (Å²) < 4.78 is 5.35. The third-order valence-electron chi connectivity index (χ3n) is 5.19. The number of ether oxygens (including phenoxy) is 1. The molecule has 1 atom stereocenters. The van der Waals surface area contributed by atoms with Gasteiger partial charge in [-0.05, 0) is 30.0 Å². The lowest BCUT2D eigenvalue weighted by Gasteiger charge is -2.41. The lowest BCUT2D eigenvalue weighted by molar-refractivity contribution is 0.0499. The third kappa shape index (κ3) is 5.51. The summed E-state index contributed by atoms with van der Waals surface area (Å²) in [5.41, 5.74) is 2.45. The molecule has 1 aliphatic rings. The van der Waals surface area contributed by atoms with Gasteiger partial charge >= 0.3 is 0 Å². The summed E-state index contributed by atoms with van der Waals surface area (Å²) in [5, 5.41) is 12.9. The average Bonchev–Trinajstić information content (AvgIpc) is 3.13. The van der Waals surface area contributed by atoms with Gasteiger partial charge in [0.1, 0.15) is 10.8 Å². The van der Waals surface area contributed by atoms with Crippen LogP contribution in [-0.2, 0) is 13.1 Å². The molecule has 0 aliphatic carbocycles. The highest BCUT2D eigenvalue weighted by molar-refractivity contribution is 7.09. The van der Waals surface area contributed by atoms with Crippen molar-refractivity contribution in [2.45, 2.75) is 45.3 Å². The summed E-state index contributed by atoms with van der Waals surface area (Å²) >= 11 is 1.76. The highest BCUT2D eigenvalue weighted by Gasteiger charge is 2.27. The number of aliphatic hydroxyl groups excluding tert-OH is 1. The largest absolute Gasteiger partial charge is 0.497 e. The van der Waals surface area contributed by atoms with E-state index >= 15 is 0 Å². The van der Waals surface area contributed by atoms with Gasteiger partial charge in [-0.2, -0.15) is 0 Å². The number of benzene rings is 1. The molecule has 0 amide bonds. The molecule has 1 aliphatic heterocycles. The van der Waals surface area contributed by atoms with Gasteiger partial charge in [-0.1, -0.05) is 26.0 Å². The molecule has 0 saturated carbocycles. The van der Waals surface area contributed by atoms with Crippen LogP contribution < -0.4 is 4.74 Å².